The molecule has 1 aliphatic heterocycles. The lowest BCUT2D eigenvalue weighted by molar-refractivity contribution is 0.111. The fourth-order valence-electron chi connectivity index (χ4n) is 2.77. The number of piperidine rings is 1. The number of hydrogen-bond acceptors (Lipinski definition) is 2. The van der Waals surface area contributed by atoms with Crippen molar-refractivity contribution in [2.45, 2.75) is 33.2 Å². The third-order valence-electron chi connectivity index (χ3n) is 3.65. The SMILES string of the molecule is CC1(C)CCCN(Cc2ccc(C#CCO)cc2)C1. The number of rotatable bonds is 2. The van der Waals surface area contributed by atoms with E-state index in [0.717, 1.165) is 12.1 Å². The first-order valence-corrected chi connectivity index (χ1v) is 7.00. The van der Waals surface area contributed by atoms with E-state index < -0.39 is 0 Å². The molecule has 1 saturated heterocycles. The summed E-state index contributed by atoms with van der Waals surface area (Å²) in [7, 11) is 0. The highest BCUT2D eigenvalue weighted by atomic mass is 16.2. The minimum absolute atomic E-state index is 0.0788. The average molecular weight is 257 g/mol. The molecule has 0 unspecified atom stereocenters. The second-order valence-corrected chi connectivity index (χ2v) is 6.14. The van der Waals surface area contributed by atoms with Crippen molar-refractivity contribution in [3.8, 4) is 11.8 Å². The number of aliphatic hydroxyl groups is 1. The third-order valence-corrected chi connectivity index (χ3v) is 3.65. The van der Waals surface area contributed by atoms with Gasteiger partial charge >= 0.3 is 0 Å². The monoisotopic (exact) mass is 257 g/mol. The molecule has 0 saturated carbocycles. The summed E-state index contributed by atoms with van der Waals surface area (Å²) in [5.41, 5.74) is 2.76. The van der Waals surface area contributed by atoms with E-state index in [1.165, 1.54) is 31.5 Å². The van der Waals surface area contributed by atoms with Crippen LogP contribution in [-0.2, 0) is 6.54 Å². The fourth-order valence-corrected chi connectivity index (χ4v) is 2.77. The predicted octanol–water partition coefficient (Wildman–Crippen LogP) is 2.65. The molecule has 102 valence electrons. The van der Waals surface area contributed by atoms with Gasteiger partial charge in [-0.1, -0.05) is 37.8 Å². The molecule has 0 spiro atoms. The van der Waals surface area contributed by atoms with Crippen LogP contribution in [0.1, 0.15) is 37.8 Å². The second-order valence-electron chi connectivity index (χ2n) is 6.14. The van der Waals surface area contributed by atoms with Crippen molar-refractivity contribution in [3.05, 3.63) is 35.4 Å². The van der Waals surface area contributed by atoms with Crippen molar-refractivity contribution in [2.24, 2.45) is 5.41 Å². The highest BCUT2D eigenvalue weighted by molar-refractivity contribution is 5.36. The molecule has 2 rings (SSSR count). The van der Waals surface area contributed by atoms with E-state index >= 15 is 0 Å². The lowest BCUT2D eigenvalue weighted by atomic mass is 9.84. The molecule has 1 N–H and O–H groups in total. The van der Waals surface area contributed by atoms with Crippen molar-refractivity contribution >= 4 is 0 Å². The average Bonchev–Trinajstić information content (AvgIpc) is 2.37. The normalized spacial score (nSPS) is 18.7. The zero-order chi connectivity index (χ0) is 13.7. The van der Waals surface area contributed by atoms with Crippen molar-refractivity contribution < 1.29 is 5.11 Å². The van der Waals surface area contributed by atoms with E-state index in [9.17, 15) is 0 Å². The molecular weight excluding hydrogens is 234 g/mol. The first kappa shape index (κ1) is 14.1. The Morgan fingerprint density at radius 3 is 2.63 bits per heavy atom. The zero-order valence-corrected chi connectivity index (χ0v) is 11.9. The number of likely N-dealkylation sites (tertiary alicyclic amines) is 1. The molecule has 0 aliphatic carbocycles. The van der Waals surface area contributed by atoms with E-state index in [4.69, 9.17) is 5.11 Å². The van der Waals surface area contributed by atoms with Crippen LogP contribution in [0.15, 0.2) is 24.3 Å². The lowest BCUT2D eigenvalue weighted by Crippen LogP contribution is -2.39. The highest BCUT2D eigenvalue weighted by Crippen LogP contribution is 2.29. The second kappa shape index (κ2) is 6.23. The predicted molar refractivity (Wildman–Crippen MR) is 78.7 cm³/mol. The maximum atomic E-state index is 8.67. The van der Waals surface area contributed by atoms with Gasteiger partial charge in [-0.25, -0.2) is 0 Å². The molecule has 2 heteroatoms. The van der Waals surface area contributed by atoms with Gasteiger partial charge in [-0.3, -0.25) is 4.90 Å². The van der Waals surface area contributed by atoms with Gasteiger partial charge in [-0.05, 0) is 42.5 Å². The number of aliphatic hydroxyl groups excluding tert-OH is 1. The van der Waals surface area contributed by atoms with Crippen LogP contribution in [-0.4, -0.2) is 29.7 Å². The van der Waals surface area contributed by atoms with Gasteiger partial charge in [0.15, 0.2) is 0 Å². The van der Waals surface area contributed by atoms with E-state index in [2.05, 4.69) is 42.7 Å². The number of hydrogen-bond donors (Lipinski definition) is 1. The molecular formula is C17H23NO. The minimum atomic E-state index is -0.0788. The van der Waals surface area contributed by atoms with E-state index in [1.54, 1.807) is 0 Å². The van der Waals surface area contributed by atoms with Crippen molar-refractivity contribution in [1.82, 2.24) is 4.90 Å². The van der Waals surface area contributed by atoms with Gasteiger partial charge in [0.1, 0.15) is 6.61 Å². The first-order valence-electron chi connectivity index (χ1n) is 7.00. The Labute approximate surface area is 116 Å². The maximum Gasteiger partial charge on any atom is 0.104 e. The van der Waals surface area contributed by atoms with Crippen LogP contribution in [0.2, 0.25) is 0 Å². The Hall–Kier alpha value is -1.30. The van der Waals surface area contributed by atoms with Crippen molar-refractivity contribution in [2.75, 3.05) is 19.7 Å². The molecule has 0 aromatic heterocycles. The Kier molecular flexibility index (Phi) is 4.63. The largest absolute Gasteiger partial charge is 0.384 e. The van der Waals surface area contributed by atoms with E-state index in [0.29, 0.717) is 5.41 Å². The summed E-state index contributed by atoms with van der Waals surface area (Å²) in [4.78, 5) is 2.54. The van der Waals surface area contributed by atoms with Crippen molar-refractivity contribution in [1.29, 1.82) is 0 Å². The molecule has 19 heavy (non-hydrogen) atoms. The topological polar surface area (TPSA) is 23.5 Å². The van der Waals surface area contributed by atoms with Crippen LogP contribution < -0.4 is 0 Å². The smallest absolute Gasteiger partial charge is 0.104 e. The number of nitrogens with zero attached hydrogens (tertiary/aromatic N) is 1. The molecule has 1 heterocycles. The first-order chi connectivity index (χ1) is 9.09. The Balaban J connectivity index is 1.96. The molecule has 2 nitrogen and oxygen atoms in total. The van der Waals surface area contributed by atoms with Gasteiger partial charge in [0, 0.05) is 18.7 Å². The minimum Gasteiger partial charge on any atom is -0.384 e. The van der Waals surface area contributed by atoms with Crippen molar-refractivity contribution in [3.63, 3.8) is 0 Å². The van der Waals surface area contributed by atoms with Gasteiger partial charge in [-0.2, -0.15) is 0 Å². The molecule has 1 fully saturated rings. The van der Waals surface area contributed by atoms with Gasteiger partial charge in [-0.15, -0.1) is 0 Å². The third kappa shape index (κ3) is 4.38. The molecule has 1 aromatic carbocycles. The van der Waals surface area contributed by atoms with Gasteiger partial charge < -0.3 is 5.11 Å². The maximum absolute atomic E-state index is 8.67. The highest BCUT2D eigenvalue weighted by Gasteiger charge is 2.25. The van der Waals surface area contributed by atoms with Crippen LogP contribution in [0.5, 0.6) is 0 Å². The summed E-state index contributed by atoms with van der Waals surface area (Å²) in [6.07, 6.45) is 2.63. The van der Waals surface area contributed by atoms with Gasteiger partial charge in [0.2, 0.25) is 0 Å². The van der Waals surface area contributed by atoms with Crippen LogP contribution in [0.25, 0.3) is 0 Å². The Bertz CT molecular complexity index is 464. The van der Waals surface area contributed by atoms with Crippen LogP contribution in [0.3, 0.4) is 0 Å². The van der Waals surface area contributed by atoms with Crippen LogP contribution >= 0.6 is 0 Å². The molecule has 0 atom stereocenters. The summed E-state index contributed by atoms with van der Waals surface area (Å²) >= 11 is 0. The molecule has 1 aliphatic rings. The van der Waals surface area contributed by atoms with Crippen LogP contribution in [0, 0.1) is 17.3 Å². The van der Waals surface area contributed by atoms with Crippen LogP contribution in [0.4, 0.5) is 0 Å². The molecule has 1 aromatic rings. The summed E-state index contributed by atoms with van der Waals surface area (Å²) in [5, 5.41) is 8.67. The summed E-state index contributed by atoms with van der Waals surface area (Å²) in [5.74, 6) is 5.60. The molecule has 0 bridgehead atoms. The number of benzene rings is 1. The van der Waals surface area contributed by atoms with Gasteiger partial charge in [0.25, 0.3) is 0 Å². The summed E-state index contributed by atoms with van der Waals surface area (Å²) in [6, 6.07) is 8.35. The van der Waals surface area contributed by atoms with E-state index in [1.807, 2.05) is 12.1 Å². The Morgan fingerprint density at radius 2 is 2.00 bits per heavy atom. The molecule has 0 radical (unpaired) electrons. The summed E-state index contributed by atoms with van der Waals surface area (Å²) < 4.78 is 0. The molecule has 0 amide bonds. The van der Waals surface area contributed by atoms with Gasteiger partial charge in [0.05, 0.1) is 0 Å². The quantitative estimate of drug-likeness (QED) is 0.823. The Morgan fingerprint density at radius 1 is 1.26 bits per heavy atom. The fraction of sp³-hybridized carbons (Fsp3) is 0.529. The lowest BCUT2D eigenvalue weighted by Gasteiger charge is -2.38. The standard InChI is InChI=1S/C17H23NO/c1-17(2)10-4-11-18(14-17)13-16-8-6-15(7-9-16)5-3-12-19/h6-9,19H,4,10-14H2,1-2H3. The zero-order valence-electron chi connectivity index (χ0n) is 11.9. The summed E-state index contributed by atoms with van der Waals surface area (Å²) in [6.45, 7) is 8.04. The van der Waals surface area contributed by atoms with E-state index in [-0.39, 0.29) is 6.61 Å².